The molecule has 0 saturated carbocycles. The highest BCUT2D eigenvalue weighted by molar-refractivity contribution is 6.10. The molecule has 37 heavy (non-hydrogen) atoms. The molecule has 0 radical (unpaired) electrons. The zero-order valence-corrected chi connectivity index (χ0v) is 20.6. The highest BCUT2D eigenvalue weighted by Gasteiger charge is 2.33. The van der Waals surface area contributed by atoms with Crippen LogP contribution < -0.4 is 10.1 Å². The van der Waals surface area contributed by atoms with Crippen LogP contribution >= 0.6 is 0 Å². The van der Waals surface area contributed by atoms with Crippen molar-refractivity contribution in [3.05, 3.63) is 126 Å². The Bertz CT molecular complexity index is 1500. The fourth-order valence-electron chi connectivity index (χ4n) is 5.19. The molecule has 1 amide bonds. The number of nitrogens with one attached hydrogen (secondary N) is 1. The molecule has 1 saturated heterocycles. The smallest absolute Gasteiger partial charge is 0.260 e. The summed E-state index contributed by atoms with van der Waals surface area (Å²) in [6.07, 6.45) is 0.797. The Hall–Kier alpha value is -4.35. The van der Waals surface area contributed by atoms with Crippen LogP contribution in [0.1, 0.15) is 15.9 Å². The van der Waals surface area contributed by atoms with Gasteiger partial charge in [0.15, 0.2) is 0 Å². The fraction of sp³-hybridized carbons (Fsp3) is 0.156. The van der Waals surface area contributed by atoms with E-state index in [1.807, 2.05) is 89.8 Å². The van der Waals surface area contributed by atoms with Crippen LogP contribution in [0.2, 0.25) is 0 Å². The minimum absolute atomic E-state index is 0.000701. The summed E-state index contributed by atoms with van der Waals surface area (Å²) in [5, 5.41) is 4.37. The van der Waals surface area contributed by atoms with Crippen molar-refractivity contribution in [1.29, 1.82) is 0 Å². The molecule has 4 aromatic carbocycles. The number of aromatic nitrogens is 1. The van der Waals surface area contributed by atoms with Gasteiger partial charge in [-0.25, -0.2) is 0 Å². The second-order valence-corrected chi connectivity index (χ2v) is 9.33. The third kappa shape index (κ3) is 4.61. The summed E-state index contributed by atoms with van der Waals surface area (Å²) in [6, 6.07) is 38.3. The average Bonchev–Trinajstić information content (AvgIpc) is 3.28. The van der Waals surface area contributed by atoms with Gasteiger partial charge in [-0.15, -0.1) is 0 Å². The Morgan fingerprint density at radius 1 is 0.811 bits per heavy atom. The molecule has 1 fully saturated rings. The van der Waals surface area contributed by atoms with Crippen LogP contribution in [0.4, 0.5) is 0 Å². The Morgan fingerprint density at radius 2 is 1.46 bits per heavy atom. The zero-order chi connectivity index (χ0) is 25.0. The lowest BCUT2D eigenvalue weighted by Gasteiger charge is -2.36. The van der Waals surface area contributed by atoms with E-state index in [0.717, 1.165) is 36.1 Å². The number of para-hydroxylation sites is 3. The molecular weight excluding hydrogens is 458 g/mol. The first-order valence-electron chi connectivity index (χ1n) is 12.8. The number of ether oxygens (including phenoxy) is 1. The van der Waals surface area contributed by atoms with Crippen molar-refractivity contribution in [2.75, 3.05) is 19.6 Å². The van der Waals surface area contributed by atoms with Gasteiger partial charge in [-0.2, -0.15) is 0 Å². The van der Waals surface area contributed by atoms with Crippen molar-refractivity contribution in [2.24, 2.45) is 0 Å². The number of benzene rings is 4. The van der Waals surface area contributed by atoms with E-state index in [1.165, 1.54) is 5.56 Å². The highest BCUT2D eigenvalue weighted by atomic mass is 16.5. The number of fused-ring (bicyclic) bond motifs is 1. The molecule has 0 bridgehead atoms. The first-order chi connectivity index (χ1) is 18.3. The lowest BCUT2D eigenvalue weighted by atomic mass is 10.0. The summed E-state index contributed by atoms with van der Waals surface area (Å²) in [5.74, 6) is 1.23. The molecule has 1 aliphatic rings. The van der Waals surface area contributed by atoms with Crippen molar-refractivity contribution >= 4 is 16.8 Å². The molecule has 2 heterocycles. The minimum Gasteiger partial charge on any atom is -0.440 e. The largest absolute Gasteiger partial charge is 0.440 e. The van der Waals surface area contributed by atoms with Gasteiger partial charge in [0.25, 0.3) is 5.91 Å². The molecule has 1 aliphatic heterocycles. The Kier molecular flexibility index (Phi) is 6.44. The molecular formula is C32H29N3O2. The number of hydrogen-bond donors (Lipinski definition) is 1. The Morgan fingerprint density at radius 3 is 2.22 bits per heavy atom. The van der Waals surface area contributed by atoms with Crippen molar-refractivity contribution in [3.63, 3.8) is 0 Å². The third-order valence-corrected chi connectivity index (χ3v) is 6.94. The maximum absolute atomic E-state index is 14.5. The van der Waals surface area contributed by atoms with Crippen LogP contribution in [0.5, 0.6) is 11.6 Å². The lowest BCUT2D eigenvalue weighted by molar-refractivity contribution is 0.0635. The molecule has 5 heteroatoms. The van der Waals surface area contributed by atoms with Gasteiger partial charge in [0, 0.05) is 36.7 Å². The van der Waals surface area contributed by atoms with Crippen molar-refractivity contribution in [2.45, 2.75) is 12.5 Å². The molecule has 1 N–H and O–H groups in total. The topological polar surface area (TPSA) is 46.5 Å². The number of piperazine rings is 1. The molecule has 5 nitrogen and oxygen atoms in total. The predicted octanol–water partition coefficient (Wildman–Crippen LogP) is 6.08. The first kappa shape index (κ1) is 23.1. The molecule has 0 spiro atoms. The average molecular weight is 488 g/mol. The van der Waals surface area contributed by atoms with E-state index in [9.17, 15) is 4.79 Å². The zero-order valence-electron chi connectivity index (χ0n) is 20.6. The van der Waals surface area contributed by atoms with Gasteiger partial charge in [0.05, 0.1) is 5.52 Å². The van der Waals surface area contributed by atoms with Gasteiger partial charge in [-0.05, 0) is 42.3 Å². The van der Waals surface area contributed by atoms with Gasteiger partial charge in [-0.3, -0.25) is 9.36 Å². The minimum atomic E-state index is -0.000701. The van der Waals surface area contributed by atoms with Gasteiger partial charge < -0.3 is 15.0 Å². The summed E-state index contributed by atoms with van der Waals surface area (Å²) < 4.78 is 8.60. The van der Waals surface area contributed by atoms with E-state index in [0.29, 0.717) is 23.7 Å². The molecule has 184 valence electrons. The SMILES string of the molecule is O=C(c1c(Oc2ccccc2)n(-c2ccccc2)c2ccccc12)N1CCNCC1Cc1ccccc1. The van der Waals surface area contributed by atoms with Crippen LogP contribution in [-0.4, -0.2) is 41.1 Å². The number of carbonyl (C=O) groups is 1. The summed E-state index contributed by atoms with van der Waals surface area (Å²) in [6.45, 7) is 2.17. The Balaban J connectivity index is 1.50. The van der Waals surface area contributed by atoms with E-state index < -0.39 is 0 Å². The molecule has 1 atom stereocenters. The van der Waals surface area contributed by atoms with Crippen LogP contribution in [0.25, 0.3) is 16.6 Å². The summed E-state index contributed by atoms with van der Waals surface area (Å²) in [7, 11) is 0. The van der Waals surface area contributed by atoms with E-state index >= 15 is 0 Å². The quantitative estimate of drug-likeness (QED) is 0.316. The predicted molar refractivity (Wildman–Crippen MR) is 148 cm³/mol. The van der Waals surface area contributed by atoms with E-state index in [1.54, 1.807) is 0 Å². The van der Waals surface area contributed by atoms with Crippen molar-refractivity contribution in [1.82, 2.24) is 14.8 Å². The second-order valence-electron chi connectivity index (χ2n) is 9.33. The summed E-state index contributed by atoms with van der Waals surface area (Å²) >= 11 is 0. The molecule has 1 unspecified atom stereocenters. The number of amides is 1. The maximum atomic E-state index is 14.5. The van der Waals surface area contributed by atoms with Crippen molar-refractivity contribution in [3.8, 4) is 17.3 Å². The monoisotopic (exact) mass is 487 g/mol. The standard InChI is InChI=1S/C32H29N3O2/c36-31(34-21-20-33-23-26(34)22-24-12-4-1-5-13-24)30-28-18-10-11-19-29(28)35(25-14-6-2-7-15-25)32(30)37-27-16-8-3-9-17-27/h1-19,26,33H,20-23H2. The first-order valence-corrected chi connectivity index (χ1v) is 12.8. The summed E-state index contributed by atoms with van der Waals surface area (Å²) in [4.78, 5) is 16.5. The highest BCUT2D eigenvalue weighted by Crippen LogP contribution is 2.39. The van der Waals surface area contributed by atoms with Crippen LogP contribution in [0, 0.1) is 0 Å². The Labute approximate surface area is 216 Å². The van der Waals surface area contributed by atoms with Crippen LogP contribution in [0.3, 0.4) is 0 Å². The number of rotatable bonds is 6. The molecule has 0 aliphatic carbocycles. The molecule has 1 aromatic heterocycles. The van der Waals surface area contributed by atoms with E-state index in [2.05, 4.69) is 40.2 Å². The fourth-order valence-corrected chi connectivity index (χ4v) is 5.19. The van der Waals surface area contributed by atoms with Crippen molar-refractivity contribution < 1.29 is 9.53 Å². The number of carbonyl (C=O) groups excluding carboxylic acids is 1. The second kappa shape index (κ2) is 10.3. The molecule has 5 aromatic rings. The lowest BCUT2D eigenvalue weighted by Crippen LogP contribution is -2.54. The number of hydrogen-bond acceptors (Lipinski definition) is 3. The van der Waals surface area contributed by atoms with Gasteiger partial charge in [0.1, 0.15) is 11.3 Å². The molecule has 6 rings (SSSR count). The van der Waals surface area contributed by atoms with E-state index in [-0.39, 0.29) is 11.9 Å². The summed E-state index contributed by atoms with van der Waals surface area (Å²) in [5.41, 5.74) is 3.72. The third-order valence-electron chi connectivity index (χ3n) is 6.94. The van der Waals surface area contributed by atoms with Crippen LogP contribution in [0.15, 0.2) is 115 Å². The maximum Gasteiger partial charge on any atom is 0.260 e. The van der Waals surface area contributed by atoms with E-state index in [4.69, 9.17) is 4.74 Å². The van der Waals surface area contributed by atoms with Gasteiger partial charge in [0.2, 0.25) is 5.88 Å². The van der Waals surface area contributed by atoms with Gasteiger partial charge >= 0.3 is 0 Å². The van der Waals surface area contributed by atoms with Gasteiger partial charge in [-0.1, -0.05) is 84.9 Å². The normalized spacial score (nSPS) is 15.6. The number of nitrogens with zero attached hydrogens (tertiary/aromatic N) is 2. The van der Waals surface area contributed by atoms with Crippen LogP contribution in [-0.2, 0) is 6.42 Å².